The largest absolute Gasteiger partial charge is 0.391 e. The summed E-state index contributed by atoms with van der Waals surface area (Å²) in [7, 11) is 1.43. The van der Waals surface area contributed by atoms with Gasteiger partial charge in [-0.25, -0.2) is 0 Å². The lowest BCUT2D eigenvalue weighted by molar-refractivity contribution is -0.130. The Morgan fingerprint density at radius 2 is 2.29 bits per heavy atom. The monoisotopic (exact) mass is 204 g/mol. The van der Waals surface area contributed by atoms with Gasteiger partial charge in [0.25, 0.3) is 5.91 Å². The van der Waals surface area contributed by atoms with Crippen LogP contribution in [0.5, 0.6) is 0 Å². The molecule has 0 saturated carbocycles. The molecule has 5 nitrogen and oxygen atoms in total. The van der Waals surface area contributed by atoms with Gasteiger partial charge in [-0.05, 0) is 6.42 Å². The maximum atomic E-state index is 11.3. The lowest BCUT2D eigenvalue weighted by Crippen LogP contribution is -2.43. The van der Waals surface area contributed by atoms with E-state index in [1.807, 2.05) is 6.92 Å². The standard InChI is InChI=1S/C9H20N2O3/c1-3-4-7(12)6-11-9(13)8(5-10)14-2/h7-8,12H,3-6,10H2,1-2H3,(H,11,13). The third-order valence-corrected chi connectivity index (χ3v) is 1.92. The summed E-state index contributed by atoms with van der Waals surface area (Å²) in [4.78, 5) is 11.3. The summed E-state index contributed by atoms with van der Waals surface area (Å²) in [6, 6.07) is 0. The summed E-state index contributed by atoms with van der Waals surface area (Å²) in [5, 5.41) is 11.9. The number of methoxy groups -OCH3 is 1. The third-order valence-electron chi connectivity index (χ3n) is 1.92. The highest BCUT2D eigenvalue weighted by Crippen LogP contribution is 1.94. The first-order chi connectivity index (χ1) is 6.65. The Hall–Kier alpha value is -0.650. The van der Waals surface area contributed by atoms with Crippen molar-refractivity contribution < 1.29 is 14.6 Å². The fourth-order valence-corrected chi connectivity index (χ4v) is 1.08. The van der Waals surface area contributed by atoms with Gasteiger partial charge in [0.1, 0.15) is 6.10 Å². The molecule has 0 bridgehead atoms. The number of carbonyl (C=O) groups is 1. The van der Waals surface area contributed by atoms with E-state index in [2.05, 4.69) is 5.32 Å². The van der Waals surface area contributed by atoms with E-state index in [1.54, 1.807) is 0 Å². The van der Waals surface area contributed by atoms with Gasteiger partial charge < -0.3 is 20.9 Å². The molecule has 5 heteroatoms. The highest BCUT2D eigenvalue weighted by atomic mass is 16.5. The minimum Gasteiger partial charge on any atom is -0.391 e. The van der Waals surface area contributed by atoms with E-state index in [9.17, 15) is 9.90 Å². The van der Waals surface area contributed by atoms with Crippen molar-refractivity contribution in [2.45, 2.75) is 32.0 Å². The zero-order chi connectivity index (χ0) is 11.0. The van der Waals surface area contributed by atoms with E-state index in [4.69, 9.17) is 10.5 Å². The zero-order valence-corrected chi connectivity index (χ0v) is 8.82. The van der Waals surface area contributed by atoms with Gasteiger partial charge in [-0.3, -0.25) is 4.79 Å². The van der Waals surface area contributed by atoms with Crippen LogP contribution in [0, 0.1) is 0 Å². The summed E-state index contributed by atoms with van der Waals surface area (Å²) < 4.78 is 4.83. The SMILES string of the molecule is CCCC(O)CNC(=O)C(CN)OC. The van der Waals surface area contributed by atoms with Crippen LogP contribution < -0.4 is 11.1 Å². The molecule has 0 aliphatic rings. The molecule has 0 radical (unpaired) electrons. The second-order valence-electron chi connectivity index (χ2n) is 3.15. The number of aliphatic hydroxyl groups excluding tert-OH is 1. The van der Waals surface area contributed by atoms with Gasteiger partial charge in [0, 0.05) is 20.2 Å². The summed E-state index contributed by atoms with van der Waals surface area (Å²) in [6.45, 7) is 2.38. The molecule has 0 rings (SSSR count). The van der Waals surface area contributed by atoms with Crippen LogP contribution >= 0.6 is 0 Å². The molecule has 0 aromatic rings. The first-order valence-electron chi connectivity index (χ1n) is 4.84. The number of ether oxygens (including phenoxy) is 1. The van der Waals surface area contributed by atoms with Gasteiger partial charge >= 0.3 is 0 Å². The Morgan fingerprint density at radius 3 is 2.71 bits per heavy atom. The second kappa shape index (κ2) is 7.73. The molecule has 0 saturated heterocycles. The molecule has 0 aromatic carbocycles. The van der Waals surface area contributed by atoms with E-state index < -0.39 is 12.2 Å². The molecule has 0 aliphatic heterocycles. The maximum Gasteiger partial charge on any atom is 0.250 e. The molecule has 2 unspecified atom stereocenters. The predicted octanol–water partition coefficient (Wildman–Crippen LogP) is -0.763. The maximum absolute atomic E-state index is 11.3. The van der Waals surface area contributed by atoms with Crippen molar-refractivity contribution in [1.29, 1.82) is 0 Å². The molecular weight excluding hydrogens is 184 g/mol. The molecule has 14 heavy (non-hydrogen) atoms. The summed E-state index contributed by atoms with van der Waals surface area (Å²) in [5.74, 6) is -0.273. The molecule has 0 spiro atoms. The Labute approximate surface area is 84.6 Å². The van der Waals surface area contributed by atoms with E-state index in [-0.39, 0.29) is 19.0 Å². The van der Waals surface area contributed by atoms with Crippen molar-refractivity contribution in [3.05, 3.63) is 0 Å². The van der Waals surface area contributed by atoms with Crippen LogP contribution in [0.1, 0.15) is 19.8 Å². The Balaban J connectivity index is 3.71. The van der Waals surface area contributed by atoms with Gasteiger partial charge in [0.2, 0.25) is 0 Å². The number of hydrogen-bond acceptors (Lipinski definition) is 4. The molecule has 0 fully saturated rings. The minimum atomic E-state index is -0.621. The fourth-order valence-electron chi connectivity index (χ4n) is 1.08. The molecule has 1 amide bonds. The summed E-state index contributed by atoms with van der Waals surface area (Å²) >= 11 is 0. The summed E-state index contributed by atoms with van der Waals surface area (Å²) in [5.41, 5.74) is 5.30. The number of rotatable bonds is 7. The number of nitrogens with two attached hydrogens (primary N) is 1. The smallest absolute Gasteiger partial charge is 0.250 e. The van der Waals surface area contributed by atoms with Gasteiger partial charge in [-0.2, -0.15) is 0 Å². The van der Waals surface area contributed by atoms with Crippen molar-refractivity contribution in [2.75, 3.05) is 20.2 Å². The quantitative estimate of drug-likeness (QED) is 0.509. The van der Waals surface area contributed by atoms with Crippen molar-refractivity contribution in [3.63, 3.8) is 0 Å². The number of aliphatic hydroxyl groups is 1. The van der Waals surface area contributed by atoms with Gasteiger partial charge in [0.15, 0.2) is 0 Å². The number of amides is 1. The van der Waals surface area contributed by atoms with E-state index in [0.717, 1.165) is 6.42 Å². The van der Waals surface area contributed by atoms with Crippen molar-refractivity contribution in [2.24, 2.45) is 5.73 Å². The first-order valence-corrected chi connectivity index (χ1v) is 4.84. The predicted molar refractivity (Wildman–Crippen MR) is 53.8 cm³/mol. The topological polar surface area (TPSA) is 84.6 Å². The van der Waals surface area contributed by atoms with E-state index in [1.165, 1.54) is 7.11 Å². The molecule has 2 atom stereocenters. The molecule has 4 N–H and O–H groups in total. The molecule has 0 aromatic heterocycles. The Bertz CT molecular complexity index is 160. The average Bonchev–Trinajstić information content (AvgIpc) is 2.17. The van der Waals surface area contributed by atoms with Crippen LogP contribution in [-0.2, 0) is 9.53 Å². The minimum absolute atomic E-state index is 0.145. The molecule has 84 valence electrons. The van der Waals surface area contributed by atoms with Crippen LogP contribution in [0.25, 0.3) is 0 Å². The second-order valence-corrected chi connectivity index (χ2v) is 3.15. The zero-order valence-electron chi connectivity index (χ0n) is 8.82. The van der Waals surface area contributed by atoms with Crippen LogP contribution in [0.3, 0.4) is 0 Å². The van der Waals surface area contributed by atoms with Gasteiger partial charge in [-0.1, -0.05) is 13.3 Å². The highest BCUT2D eigenvalue weighted by Gasteiger charge is 2.15. The molecule has 0 aliphatic carbocycles. The van der Waals surface area contributed by atoms with Crippen LogP contribution in [-0.4, -0.2) is 43.4 Å². The summed E-state index contributed by atoms with van der Waals surface area (Å²) in [6.07, 6.45) is 0.463. The number of hydrogen-bond donors (Lipinski definition) is 3. The van der Waals surface area contributed by atoms with Crippen LogP contribution in [0.15, 0.2) is 0 Å². The van der Waals surface area contributed by atoms with E-state index in [0.29, 0.717) is 6.42 Å². The highest BCUT2D eigenvalue weighted by molar-refractivity contribution is 5.80. The Kier molecular flexibility index (Phi) is 7.37. The van der Waals surface area contributed by atoms with Crippen molar-refractivity contribution >= 4 is 5.91 Å². The van der Waals surface area contributed by atoms with Crippen molar-refractivity contribution in [1.82, 2.24) is 5.32 Å². The number of nitrogens with one attached hydrogen (secondary N) is 1. The normalized spacial score (nSPS) is 14.9. The van der Waals surface area contributed by atoms with Crippen LogP contribution in [0.4, 0.5) is 0 Å². The van der Waals surface area contributed by atoms with Crippen LogP contribution in [0.2, 0.25) is 0 Å². The lowest BCUT2D eigenvalue weighted by atomic mass is 10.2. The van der Waals surface area contributed by atoms with Crippen molar-refractivity contribution in [3.8, 4) is 0 Å². The fraction of sp³-hybridized carbons (Fsp3) is 0.889. The molecule has 0 heterocycles. The molecular formula is C9H20N2O3. The average molecular weight is 204 g/mol. The van der Waals surface area contributed by atoms with Gasteiger partial charge in [0.05, 0.1) is 6.10 Å². The number of carbonyl (C=O) groups excluding carboxylic acids is 1. The van der Waals surface area contributed by atoms with E-state index >= 15 is 0 Å². The Morgan fingerprint density at radius 1 is 1.64 bits per heavy atom. The lowest BCUT2D eigenvalue weighted by Gasteiger charge is -2.15. The first kappa shape index (κ1) is 13.4. The van der Waals surface area contributed by atoms with Gasteiger partial charge in [-0.15, -0.1) is 0 Å². The third kappa shape index (κ3) is 5.16.